The molecule has 3 fully saturated rings. The molecule has 0 aromatic heterocycles. The van der Waals surface area contributed by atoms with Gasteiger partial charge in [0.15, 0.2) is 18.7 Å². The molecule has 2 heterocycles. The summed E-state index contributed by atoms with van der Waals surface area (Å²) in [4.78, 5) is 11.6. The minimum absolute atomic E-state index is 0.0945. The maximum absolute atomic E-state index is 11.6. The predicted molar refractivity (Wildman–Crippen MR) is 108 cm³/mol. The number of hydrogen-bond acceptors (Lipinski definition) is 14. The van der Waals surface area contributed by atoms with Crippen LogP contribution in [0.1, 0.15) is 13.3 Å². The molecule has 0 radical (unpaired) electrons. The summed E-state index contributed by atoms with van der Waals surface area (Å²) in [5, 5.41) is 51.4. The predicted octanol–water partition coefficient (Wildman–Crippen LogP) is -6.77. The molecule has 2 aliphatic heterocycles. The van der Waals surface area contributed by atoms with Gasteiger partial charge < -0.3 is 73.1 Å². The van der Waals surface area contributed by atoms with Crippen LogP contribution in [0.25, 0.3) is 0 Å². The molecule has 0 spiro atoms. The standard InChI is InChI=1S/C18H35N5O10/c1-3(19)12-10(27)11(28)18(30-12)32-14-7(24)4(20)2-5(21)13(14)31-17-6(22)8(25)9(26)15(33-17)16(23)29/h3-15,17-18,24-28H,2,19-22H2,1H3,(H2,23,29)/t3-,4+,5-,6+,7-,8+,9-,10-,11+,12+,13+,14+,15+,17-,18+/m0/s1. The van der Waals surface area contributed by atoms with Crippen molar-refractivity contribution in [2.45, 2.75) is 105 Å². The molecule has 1 aliphatic carbocycles. The van der Waals surface area contributed by atoms with Crippen molar-refractivity contribution in [1.82, 2.24) is 0 Å². The third kappa shape index (κ3) is 5.15. The maximum Gasteiger partial charge on any atom is 0.249 e. The molecule has 1 amide bonds. The molecule has 2 saturated heterocycles. The summed E-state index contributed by atoms with van der Waals surface area (Å²) in [5.74, 6) is -1.05. The van der Waals surface area contributed by atoms with E-state index in [1.807, 2.05) is 0 Å². The SMILES string of the molecule is C[C@H](N)[C@H]1O[C@H](O[C@@H]2[C@@H](O)[C@H](N)C[C@H](N)[C@H]2O[C@H]2O[C@@H](C(N)=O)[C@@H](O)[C@H](O)[C@H]2N)[C@H](O)[C@@H]1O. The van der Waals surface area contributed by atoms with E-state index in [-0.39, 0.29) is 6.42 Å². The summed E-state index contributed by atoms with van der Waals surface area (Å²) in [6.45, 7) is 1.58. The Morgan fingerprint density at radius 3 is 2.00 bits per heavy atom. The molecule has 15 heteroatoms. The van der Waals surface area contributed by atoms with Crippen molar-refractivity contribution >= 4 is 5.91 Å². The van der Waals surface area contributed by atoms with Gasteiger partial charge in [-0.3, -0.25) is 4.79 Å². The molecule has 15 N–H and O–H groups in total. The van der Waals surface area contributed by atoms with Gasteiger partial charge in [-0.2, -0.15) is 0 Å². The summed E-state index contributed by atoms with van der Waals surface area (Å²) < 4.78 is 22.5. The van der Waals surface area contributed by atoms with Crippen LogP contribution in [0.15, 0.2) is 0 Å². The summed E-state index contributed by atoms with van der Waals surface area (Å²) in [7, 11) is 0. The van der Waals surface area contributed by atoms with E-state index in [2.05, 4.69) is 0 Å². The topological polar surface area (TPSA) is 285 Å². The minimum Gasteiger partial charge on any atom is -0.389 e. The van der Waals surface area contributed by atoms with Crippen LogP contribution in [-0.2, 0) is 23.7 Å². The lowest BCUT2D eigenvalue weighted by Crippen LogP contribution is -2.68. The van der Waals surface area contributed by atoms with E-state index in [4.69, 9.17) is 47.6 Å². The van der Waals surface area contributed by atoms with Crippen LogP contribution in [-0.4, -0.2) is 123 Å². The number of ether oxygens (including phenoxy) is 4. The molecular weight excluding hydrogens is 446 g/mol. The van der Waals surface area contributed by atoms with Gasteiger partial charge in [-0.05, 0) is 13.3 Å². The van der Waals surface area contributed by atoms with E-state index >= 15 is 0 Å². The Labute approximate surface area is 189 Å². The second-order valence-corrected chi connectivity index (χ2v) is 8.95. The van der Waals surface area contributed by atoms with E-state index in [1.54, 1.807) is 6.92 Å². The Kier molecular flexibility index (Phi) is 8.28. The molecular formula is C18H35N5O10. The zero-order valence-electron chi connectivity index (χ0n) is 18.0. The number of aliphatic hydroxyl groups is 5. The van der Waals surface area contributed by atoms with Gasteiger partial charge in [0.1, 0.15) is 42.7 Å². The maximum atomic E-state index is 11.6. The average molecular weight is 482 g/mol. The molecule has 15 atom stereocenters. The van der Waals surface area contributed by atoms with Crippen molar-refractivity contribution in [2.24, 2.45) is 28.7 Å². The number of nitrogens with two attached hydrogens (primary N) is 5. The van der Waals surface area contributed by atoms with Gasteiger partial charge in [-0.15, -0.1) is 0 Å². The third-order valence-corrected chi connectivity index (χ3v) is 6.35. The summed E-state index contributed by atoms with van der Waals surface area (Å²) >= 11 is 0. The van der Waals surface area contributed by atoms with Gasteiger partial charge in [0, 0.05) is 18.1 Å². The van der Waals surface area contributed by atoms with Crippen LogP contribution >= 0.6 is 0 Å². The number of rotatable bonds is 6. The Hall–Kier alpha value is -1.05. The Bertz CT molecular complexity index is 691. The molecule has 0 aromatic rings. The fraction of sp³-hybridized carbons (Fsp3) is 0.944. The minimum atomic E-state index is -1.68. The van der Waals surface area contributed by atoms with Gasteiger partial charge in [0.25, 0.3) is 0 Å². The van der Waals surface area contributed by atoms with Crippen molar-refractivity contribution in [2.75, 3.05) is 0 Å². The number of carbonyl (C=O) groups excluding carboxylic acids is 1. The Morgan fingerprint density at radius 2 is 1.45 bits per heavy atom. The lowest BCUT2D eigenvalue weighted by molar-refractivity contribution is -0.303. The first-order valence-electron chi connectivity index (χ1n) is 10.7. The molecule has 33 heavy (non-hydrogen) atoms. The second kappa shape index (κ2) is 10.3. The van der Waals surface area contributed by atoms with Crippen LogP contribution < -0.4 is 28.7 Å². The smallest absolute Gasteiger partial charge is 0.249 e. The highest BCUT2D eigenvalue weighted by Gasteiger charge is 2.53. The monoisotopic (exact) mass is 481 g/mol. The Morgan fingerprint density at radius 1 is 0.848 bits per heavy atom. The number of hydrogen-bond donors (Lipinski definition) is 10. The zero-order valence-corrected chi connectivity index (χ0v) is 18.0. The van der Waals surface area contributed by atoms with Crippen LogP contribution in [0.3, 0.4) is 0 Å². The lowest BCUT2D eigenvalue weighted by Gasteiger charge is -2.47. The van der Waals surface area contributed by atoms with E-state index in [1.165, 1.54) is 0 Å². The lowest BCUT2D eigenvalue weighted by atomic mass is 9.84. The largest absolute Gasteiger partial charge is 0.389 e. The van der Waals surface area contributed by atoms with Gasteiger partial charge in [-0.1, -0.05) is 0 Å². The third-order valence-electron chi connectivity index (χ3n) is 6.35. The second-order valence-electron chi connectivity index (χ2n) is 8.95. The van der Waals surface area contributed by atoms with E-state index in [9.17, 15) is 30.3 Å². The molecule has 15 nitrogen and oxygen atoms in total. The fourth-order valence-electron chi connectivity index (χ4n) is 4.38. The van der Waals surface area contributed by atoms with Gasteiger partial charge >= 0.3 is 0 Å². The average Bonchev–Trinajstić information content (AvgIpc) is 3.02. The fourth-order valence-corrected chi connectivity index (χ4v) is 4.38. The first kappa shape index (κ1) is 26.6. The molecule has 1 saturated carbocycles. The van der Waals surface area contributed by atoms with Crippen molar-refractivity contribution in [3.8, 4) is 0 Å². The van der Waals surface area contributed by atoms with Crippen LogP contribution in [0.4, 0.5) is 0 Å². The summed E-state index contributed by atoms with van der Waals surface area (Å²) in [6.07, 6.45) is -15.3. The van der Waals surface area contributed by atoms with E-state index in [0.717, 1.165) is 0 Å². The first-order chi connectivity index (χ1) is 15.3. The summed E-state index contributed by atoms with van der Waals surface area (Å²) in [5.41, 5.74) is 29.0. The van der Waals surface area contributed by atoms with Crippen molar-refractivity contribution in [3.05, 3.63) is 0 Å². The molecule has 0 unspecified atom stereocenters. The van der Waals surface area contributed by atoms with Gasteiger partial charge in [0.05, 0.1) is 12.1 Å². The summed E-state index contributed by atoms with van der Waals surface area (Å²) in [6, 6.07) is -3.62. The first-order valence-corrected chi connectivity index (χ1v) is 10.7. The molecule has 3 aliphatic rings. The number of aliphatic hydroxyl groups excluding tert-OH is 5. The number of carbonyl (C=O) groups is 1. The highest BCUT2D eigenvalue weighted by Crippen LogP contribution is 2.32. The van der Waals surface area contributed by atoms with Gasteiger partial charge in [-0.25, -0.2) is 0 Å². The quantitative estimate of drug-likeness (QED) is 0.169. The van der Waals surface area contributed by atoms with Crippen LogP contribution in [0.5, 0.6) is 0 Å². The van der Waals surface area contributed by atoms with E-state index in [0.29, 0.717) is 0 Å². The van der Waals surface area contributed by atoms with Crippen molar-refractivity contribution in [3.63, 3.8) is 0 Å². The number of primary amides is 1. The van der Waals surface area contributed by atoms with Crippen LogP contribution in [0.2, 0.25) is 0 Å². The van der Waals surface area contributed by atoms with Crippen molar-refractivity contribution < 1.29 is 49.3 Å². The van der Waals surface area contributed by atoms with Crippen molar-refractivity contribution in [1.29, 1.82) is 0 Å². The zero-order chi connectivity index (χ0) is 24.8. The van der Waals surface area contributed by atoms with E-state index < -0.39 is 97.6 Å². The highest BCUT2D eigenvalue weighted by molar-refractivity contribution is 5.79. The molecule has 0 bridgehead atoms. The number of amides is 1. The van der Waals surface area contributed by atoms with Crippen LogP contribution in [0, 0.1) is 0 Å². The molecule has 3 rings (SSSR count). The highest BCUT2D eigenvalue weighted by atomic mass is 16.7. The normalized spacial score (nSPS) is 51.9. The molecule has 0 aromatic carbocycles. The molecule has 192 valence electrons. The Balaban J connectivity index is 1.80. The van der Waals surface area contributed by atoms with Gasteiger partial charge in [0.2, 0.25) is 5.91 Å².